The van der Waals surface area contributed by atoms with Crippen molar-refractivity contribution in [3.8, 4) is 11.5 Å². The second-order valence-electron chi connectivity index (χ2n) is 2.74. The summed E-state index contributed by atoms with van der Waals surface area (Å²) in [6.45, 7) is 0. The van der Waals surface area contributed by atoms with Gasteiger partial charge in [0.1, 0.15) is 11.7 Å². The van der Waals surface area contributed by atoms with Gasteiger partial charge in [0.25, 0.3) is 5.89 Å². The van der Waals surface area contributed by atoms with Crippen LogP contribution in [0.15, 0.2) is 27.1 Å². The fourth-order valence-corrected chi connectivity index (χ4v) is 1.56. The predicted molar refractivity (Wildman–Crippen MR) is 56.9 cm³/mol. The fourth-order valence-electron chi connectivity index (χ4n) is 1.09. The Morgan fingerprint density at radius 3 is 2.87 bits per heavy atom. The molecule has 78 valence electrons. The molecule has 15 heavy (non-hydrogen) atoms. The summed E-state index contributed by atoms with van der Waals surface area (Å²) < 4.78 is 19.1. The van der Waals surface area contributed by atoms with Crippen molar-refractivity contribution < 1.29 is 8.81 Å². The lowest BCUT2D eigenvalue weighted by Gasteiger charge is -1.98. The van der Waals surface area contributed by atoms with Crippen molar-refractivity contribution >= 4 is 27.5 Å². The van der Waals surface area contributed by atoms with Crippen molar-refractivity contribution in [2.24, 2.45) is 0 Å². The van der Waals surface area contributed by atoms with Crippen LogP contribution in [0.3, 0.4) is 0 Å². The maximum absolute atomic E-state index is 13.6. The van der Waals surface area contributed by atoms with E-state index in [2.05, 4.69) is 26.1 Å². The van der Waals surface area contributed by atoms with Gasteiger partial charge in [-0.05, 0) is 28.1 Å². The molecule has 1 aromatic carbocycles. The first kappa shape index (κ1) is 10.6. The quantitative estimate of drug-likeness (QED) is 0.796. The van der Waals surface area contributed by atoms with Crippen LogP contribution in [0.2, 0.25) is 0 Å². The third kappa shape index (κ3) is 2.03. The molecule has 0 saturated heterocycles. The molecule has 1 aromatic heterocycles. The number of halogens is 3. The lowest BCUT2D eigenvalue weighted by atomic mass is 10.2. The fraction of sp³-hybridized carbons (Fsp3) is 0.111. The number of alkyl halides is 1. The molecule has 0 aliphatic carbocycles. The number of aromatic nitrogens is 2. The summed E-state index contributed by atoms with van der Waals surface area (Å²) in [5.74, 6) is 0.0839. The maximum Gasteiger partial charge on any atom is 0.250 e. The van der Waals surface area contributed by atoms with Gasteiger partial charge in [-0.25, -0.2) is 4.39 Å². The van der Waals surface area contributed by atoms with Crippen LogP contribution in [0, 0.1) is 5.82 Å². The highest BCUT2D eigenvalue weighted by molar-refractivity contribution is 9.10. The molecular weight excluding hydrogens is 286 g/mol. The highest BCUT2D eigenvalue weighted by Gasteiger charge is 2.14. The van der Waals surface area contributed by atoms with Gasteiger partial charge in [-0.1, -0.05) is 6.07 Å². The summed E-state index contributed by atoms with van der Waals surface area (Å²) in [4.78, 5) is 0. The van der Waals surface area contributed by atoms with E-state index in [1.54, 1.807) is 18.2 Å². The molecule has 0 saturated carbocycles. The Morgan fingerprint density at radius 2 is 2.20 bits per heavy atom. The van der Waals surface area contributed by atoms with E-state index in [0.29, 0.717) is 4.47 Å². The highest BCUT2D eigenvalue weighted by atomic mass is 79.9. The average Bonchev–Trinajstić information content (AvgIpc) is 2.70. The Kier molecular flexibility index (Phi) is 3.02. The topological polar surface area (TPSA) is 38.9 Å². The SMILES string of the molecule is Fc1c(Br)cccc1-c1nnc(CCl)o1. The number of hydrogen-bond acceptors (Lipinski definition) is 3. The second-order valence-corrected chi connectivity index (χ2v) is 3.86. The Morgan fingerprint density at radius 1 is 1.40 bits per heavy atom. The molecule has 0 amide bonds. The lowest BCUT2D eigenvalue weighted by Crippen LogP contribution is -1.85. The molecular formula is C9H5BrClFN2O. The van der Waals surface area contributed by atoms with Crippen molar-refractivity contribution in [2.75, 3.05) is 0 Å². The Hall–Kier alpha value is -0.940. The van der Waals surface area contributed by atoms with Crippen molar-refractivity contribution in [2.45, 2.75) is 5.88 Å². The molecule has 0 unspecified atom stereocenters. The first-order valence-corrected chi connectivity index (χ1v) is 5.38. The number of hydrogen-bond donors (Lipinski definition) is 0. The van der Waals surface area contributed by atoms with E-state index in [-0.39, 0.29) is 23.2 Å². The van der Waals surface area contributed by atoms with Crippen LogP contribution in [-0.2, 0) is 5.88 Å². The van der Waals surface area contributed by atoms with E-state index in [1.807, 2.05) is 0 Å². The van der Waals surface area contributed by atoms with Crippen molar-refractivity contribution in [1.29, 1.82) is 0 Å². The van der Waals surface area contributed by atoms with Crippen LogP contribution in [-0.4, -0.2) is 10.2 Å². The molecule has 2 rings (SSSR count). The minimum atomic E-state index is -0.428. The molecule has 2 aromatic rings. The number of benzene rings is 1. The standard InChI is InChI=1S/C9H5BrClFN2O/c10-6-3-1-2-5(8(6)12)9-14-13-7(4-11)15-9/h1-3H,4H2. The normalized spacial score (nSPS) is 10.6. The summed E-state index contributed by atoms with van der Waals surface area (Å²) in [6.07, 6.45) is 0. The summed E-state index contributed by atoms with van der Waals surface area (Å²) in [5, 5.41) is 7.35. The van der Waals surface area contributed by atoms with E-state index < -0.39 is 5.82 Å². The largest absolute Gasteiger partial charge is 0.419 e. The van der Waals surface area contributed by atoms with Crippen LogP contribution in [0.4, 0.5) is 4.39 Å². The van der Waals surface area contributed by atoms with Crippen LogP contribution in [0.25, 0.3) is 11.5 Å². The number of rotatable bonds is 2. The van der Waals surface area contributed by atoms with Gasteiger partial charge >= 0.3 is 0 Å². The van der Waals surface area contributed by atoms with E-state index in [1.165, 1.54) is 0 Å². The zero-order valence-electron chi connectivity index (χ0n) is 7.38. The Labute approximate surface area is 98.4 Å². The molecule has 3 nitrogen and oxygen atoms in total. The van der Waals surface area contributed by atoms with Crippen LogP contribution >= 0.6 is 27.5 Å². The first-order chi connectivity index (χ1) is 7.22. The lowest BCUT2D eigenvalue weighted by molar-refractivity contribution is 0.521. The van der Waals surface area contributed by atoms with Gasteiger partial charge in [0.05, 0.1) is 10.0 Å². The Bertz CT molecular complexity index is 489. The van der Waals surface area contributed by atoms with Crippen LogP contribution in [0.5, 0.6) is 0 Å². The molecule has 0 aliphatic rings. The molecule has 0 fully saturated rings. The van der Waals surface area contributed by atoms with Gasteiger partial charge in [-0.15, -0.1) is 21.8 Å². The molecule has 0 aliphatic heterocycles. The van der Waals surface area contributed by atoms with Gasteiger partial charge < -0.3 is 4.42 Å². The van der Waals surface area contributed by atoms with Gasteiger partial charge in [-0.3, -0.25) is 0 Å². The molecule has 0 atom stereocenters. The van der Waals surface area contributed by atoms with Gasteiger partial charge in [0, 0.05) is 0 Å². The summed E-state index contributed by atoms with van der Waals surface area (Å²) in [6, 6.07) is 4.84. The minimum Gasteiger partial charge on any atom is -0.419 e. The molecule has 0 bridgehead atoms. The zero-order valence-corrected chi connectivity index (χ0v) is 9.72. The van der Waals surface area contributed by atoms with E-state index >= 15 is 0 Å². The average molecular weight is 292 g/mol. The summed E-state index contributed by atoms with van der Waals surface area (Å²) in [5.41, 5.74) is 0.258. The monoisotopic (exact) mass is 290 g/mol. The zero-order chi connectivity index (χ0) is 10.8. The second kappa shape index (κ2) is 4.28. The third-order valence-electron chi connectivity index (χ3n) is 1.76. The van der Waals surface area contributed by atoms with E-state index in [9.17, 15) is 4.39 Å². The van der Waals surface area contributed by atoms with E-state index in [0.717, 1.165) is 0 Å². The molecule has 0 radical (unpaired) electrons. The predicted octanol–water partition coefficient (Wildman–Crippen LogP) is 3.38. The smallest absolute Gasteiger partial charge is 0.250 e. The minimum absolute atomic E-state index is 0.114. The third-order valence-corrected chi connectivity index (χ3v) is 2.60. The van der Waals surface area contributed by atoms with Gasteiger partial charge in [-0.2, -0.15) is 0 Å². The first-order valence-electron chi connectivity index (χ1n) is 4.05. The summed E-state index contributed by atoms with van der Waals surface area (Å²) in [7, 11) is 0. The van der Waals surface area contributed by atoms with Crippen molar-refractivity contribution in [3.63, 3.8) is 0 Å². The highest BCUT2D eigenvalue weighted by Crippen LogP contribution is 2.26. The van der Waals surface area contributed by atoms with Crippen molar-refractivity contribution in [3.05, 3.63) is 34.4 Å². The Balaban J connectivity index is 2.49. The molecule has 1 heterocycles. The van der Waals surface area contributed by atoms with Gasteiger partial charge in [0.15, 0.2) is 0 Å². The van der Waals surface area contributed by atoms with Crippen molar-refractivity contribution in [1.82, 2.24) is 10.2 Å². The van der Waals surface area contributed by atoms with Gasteiger partial charge in [0.2, 0.25) is 5.89 Å². The molecule has 0 spiro atoms. The van der Waals surface area contributed by atoms with Crippen LogP contribution < -0.4 is 0 Å². The maximum atomic E-state index is 13.6. The number of nitrogens with zero attached hydrogens (tertiary/aromatic N) is 2. The van der Waals surface area contributed by atoms with Crippen LogP contribution in [0.1, 0.15) is 5.89 Å². The molecule has 6 heteroatoms. The molecule has 0 N–H and O–H groups in total. The van der Waals surface area contributed by atoms with E-state index in [4.69, 9.17) is 16.0 Å². The summed E-state index contributed by atoms with van der Waals surface area (Å²) >= 11 is 8.58.